The largest absolute Gasteiger partial charge is 0.493 e. The van der Waals surface area contributed by atoms with E-state index in [1.807, 2.05) is 12.1 Å². The topological polar surface area (TPSA) is 82.7 Å². The zero-order valence-corrected chi connectivity index (χ0v) is 16.5. The molecule has 1 spiro atoms. The fourth-order valence-corrected chi connectivity index (χ4v) is 4.54. The molecule has 4 rings (SSSR count). The Kier molecular flexibility index (Phi) is 4.29. The summed E-state index contributed by atoms with van der Waals surface area (Å²) in [4.78, 5) is 11.6. The van der Waals surface area contributed by atoms with E-state index in [-0.39, 0.29) is 11.2 Å². The Morgan fingerprint density at radius 1 is 1.04 bits per heavy atom. The molecule has 146 valence electrons. The molecule has 2 aliphatic rings. The van der Waals surface area contributed by atoms with Gasteiger partial charge in [-0.3, -0.25) is 0 Å². The number of fused-ring (bicyclic) bond motifs is 1. The molecule has 1 aliphatic heterocycles. The lowest BCUT2D eigenvalue weighted by molar-refractivity contribution is -0.148. The Bertz CT molecular complexity index is 862. The van der Waals surface area contributed by atoms with Gasteiger partial charge in [-0.1, -0.05) is 12.8 Å². The van der Waals surface area contributed by atoms with Gasteiger partial charge in [0.1, 0.15) is 5.82 Å². The van der Waals surface area contributed by atoms with E-state index in [1.165, 1.54) is 12.8 Å². The van der Waals surface area contributed by atoms with Crippen molar-refractivity contribution in [2.45, 2.75) is 50.7 Å². The Hall–Kier alpha value is -2.28. The summed E-state index contributed by atoms with van der Waals surface area (Å²) in [6.07, 6.45) is 4.59. The predicted molar refractivity (Wildman–Crippen MR) is 106 cm³/mol. The number of methoxy groups -OCH3 is 2. The van der Waals surface area contributed by atoms with Crippen LogP contribution < -0.4 is 20.1 Å². The highest BCUT2D eigenvalue weighted by Gasteiger charge is 2.46. The molecule has 2 heterocycles. The highest BCUT2D eigenvalue weighted by molar-refractivity contribution is 5.91. The summed E-state index contributed by atoms with van der Waals surface area (Å²) in [5, 5.41) is 0.763. The van der Waals surface area contributed by atoms with Crippen molar-refractivity contribution < 1.29 is 14.2 Å². The van der Waals surface area contributed by atoms with Gasteiger partial charge in [-0.05, 0) is 32.8 Å². The lowest BCUT2D eigenvalue weighted by Crippen LogP contribution is -2.59. The molecule has 0 amide bonds. The Labute approximate surface area is 159 Å². The quantitative estimate of drug-likeness (QED) is 0.886. The lowest BCUT2D eigenvalue weighted by Gasteiger charge is -2.48. The van der Waals surface area contributed by atoms with Gasteiger partial charge in [-0.2, -0.15) is 4.98 Å². The van der Waals surface area contributed by atoms with Gasteiger partial charge in [-0.15, -0.1) is 0 Å². The number of rotatable bonds is 3. The van der Waals surface area contributed by atoms with E-state index in [0.717, 1.165) is 36.8 Å². The summed E-state index contributed by atoms with van der Waals surface area (Å²) in [5.41, 5.74) is 6.67. The zero-order valence-electron chi connectivity index (χ0n) is 16.5. The minimum atomic E-state index is -0.257. The fourth-order valence-electron chi connectivity index (χ4n) is 4.54. The molecule has 0 radical (unpaired) electrons. The SMILES string of the molecule is COc1cc2nc(N3CC(C)(C)OC4(CCCC4)C3)nc(N)c2cc1OC. The third kappa shape index (κ3) is 3.25. The van der Waals surface area contributed by atoms with Crippen LogP contribution in [0.5, 0.6) is 11.5 Å². The molecule has 0 unspecified atom stereocenters. The van der Waals surface area contributed by atoms with Crippen LogP contribution in [0.15, 0.2) is 12.1 Å². The van der Waals surface area contributed by atoms with Gasteiger partial charge >= 0.3 is 0 Å². The van der Waals surface area contributed by atoms with Crippen LogP contribution in [-0.4, -0.2) is 48.5 Å². The number of hydrogen-bond acceptors (Lipinski definition) is 7. The van der Waals surface area contributed by atoms with Crippen molar-refractivity contribution in [3.05, 3.63) is 12.1 Å². The highest BCUT2D eigenvalue weighted by Crippen LogP contribution is 2.42. The summed E-state index contributed by atoms with van der Waals surface area (Å²) in [6.45, 7) is 5.80. The van der Waals surface area contributed by atoms with Gasteiger partial charge < -0.3 is 24.8 Å². The van der Waals surface area contributed by atoms with Crippen LogP contribution in [0.4, 0.5) is 11.8 Å². The van der Waals surface area contributed by atoms with Crippen molar-refractivity contribution >= 4 is 22.7 Å². The summed E-state index contributed by atoms with van der Waals surface area (Å²) in [5.74, 6) is 2.34. The highest BCUT2D eigenvalue weighted by atomic mass is 16.5. The molecule has 0 atom stereocenters. The number of ether oxygens (including phenoxy) is 3. The van der Waals surface area contributed by atoms with E-state index in [2.05, 4.69) is 23.7 Å². The molecule has 2 fully saturated rings. The van der Waals surface area contributed by atoms with E-state index >= 15 is 0 Å². The van der Waals surface area contributed by atoms with Crippen LogP contribution in [0, 0.1) is 0 Å². The minimum absolute atomic E-state index is 0.105. The number of anilines is 2. The molecule has 7 heteroatoms. The van der Waals surface area contributed by atoms with Gasteiger partial charge in [0.05, 0.1) is 37.5 Å². The average molecular weight is 372 g/mol. The van der Waals surface area contributed by atoms with Gasteiger partial charge in [0.15, 0.2) is 11.5 Å². The maximum atomic E-state index is 6.49. The summed E-state index contributed by atoms with van der Waals surface area (Å²) >= 11 is 0. The first-order chi connectivity index (χ1) is 12.8. The van der Waals surface area contributed by atoms with E-state index < -0.39 is 0 Å². The number of nitrogen functional groups attached to an aromatic ring is 1. The molecule has 27 heavy (non-hydrogen) atoms. The molecular weight excluding hydrogens is 344 g/mol. The van der Waals surface area contributed by atoms with Crippen molar-refractivity contribution in [1.82, 2.24) is 9.97 Å². The van der Waals surface area contributed by atoms with E-state index in [1.54, 1.807) is 14.2 Å². The number of benzene rings is 1. The number of nitrogens with two attached hydrogens (primary N) is 1. The average Bonchev–Trinajstić information content (AvgIpc) is 3.06. The van der Waals surface area contributed by atoms with Crippen LogP contribution in [0.3, 0.4) is 0 Å². The predicted octanol–water partition coefficient (Wildman–Crippen LogP) is 3.16. The van der Waals surface area contributed by atoms with Crippen LogP contribution in [0.25, 0.3) is 10.9 Å². The molecule has 2 N–H and O–H groups in total. The number of hydrogen-bond donors (Lipinski definition) is 1. The number of nitrogens with zero attached hydrogens (tertiary/aromatic N) is 3. The molecule has 7 nitrogen and oxygen atoms in total. The normalized spacial score (nSPS) is 21.0. The maximum Gasteiger partial charge on any atom is 0.228 e. The standard InChI is InChI=1S/C20H28N4O3/c1-19(2)11-24(12-20(27-19)7-5-6-8-20)18-22-14-10-16(26-4)15(25-3)9-13(14)17(21)23-18/h9-10H,5-8,11-12H2,1-4H3,(H2,21,22,23). The van der Waals surface area contributed by atoms with Crippen molar-refractivity contribution in [1.29, 1.82) is 0 Å². The molecule has 1 aromatic carbocycles. The second kappa shape index (κ2) is 6.41. The van der Waals surface area contributed by atoms with Crippen LogP contribution in [-0.2, 0) is 4.74 Å². The molecule has 1 saturated heterocycles. The Balaban J connectivity index is 1.76. The lowest BCUT2D eigenvalue weighted by atomic mass is 9.94. The third-order valence-electron chi connectivity index (χ3n) is 5.56. The zero-order chi connectivity index (χ0) is 19.2. The molecular formula is C20H28N4O3. The second-order valence-corrected chi connectivity index (χ2v) is 8.24. The summed E-state index contributed by atoms with van der Waals surface area (Å²) < 4.78 is 17.3. The monoisotopic (exact) mass is 372 g/mol. The van der Waals surface area contributed by atoms with Crippen LogP contribution >= 0.6 is 0 Å². The molecule has 2 aromatic rings. The molecule has 1 saturated carbocycles. The van der Waals surface area contributed by atoms with Gasteiger partial charge in [0.25, 0.3) is 0 Å². The minimum Gasteiger partial charge on any atom is -0.493 e. The maximum absolute atomic E-state index is 6.49. The Morgan fingerprint density at radius 2 is 1.70 bits per heavy atom. The van der Waals surface area contributed by atoms with Crippen molar-refractivity contribution in [2.24, 2.45) is 0 Å². The van der Waals surface area contributed by atoms with Crippen LogP contribution in [0.2, 0.25) is 0 Å². The molecule has 0 bridgehead atoms. The first-order valence-corrected chi connectivity index (χ1v) is 9.49. The van der Waals surface area contributed by atoms with Crippen LogP contribution in [0.1, 0.15) is 39.5 Å². The third-order valence-corrected chi connectivity index (χ3v) is 5.56. The first kappa shape index (κ1) is 18.1. The van der Waals surface area contributed by atoms with E-state index in [0.29, 0.717) is 23.3 Å². The summed E-state index contributed by atoms with van der Waals surface area (Å²) in [7, 11) is 3.22. The number of aromatic nitrogens is 2. The fraction of sp³-hybridized carbons (Fsp3) is 0.600. The van der Waals surface area contributed by atoms with E-state index in [9.17, 15) is 0 Å². The number of morpholine rings is 1. The van der Waals surface area contributed by atoms with Gasteiger partial charge in [0, 0.05) is 18.0 Å². The molecule has 1 aliphatic carbocycles. The second-order valence-electron chi connectivity index (χ2n) is 8.24. The van der Waals surface area contributed by atoms with Crippen molar-refractivity contribution in [3.8, 4) is 11.5 Å². The first-order valence-electron chi connectivity index (χ1n) is 9.49. The Morgan fingerprint density at radius 3 is 2.37 bits per heavy atom. The van der Waals surface area contributed by atoms with Crippen molar-refractivity contribution in [3.63, 3.8) is 0 Å². The van der Waals surface area contributed by atoms with E-state index in [4.69, 9.17) is 24.9 Å². The molecule has 1 aromatic heterocycles. The summed E-state index contributed by atoms with van der Waals surface area (Å²) in [6, 6.07) is 3.68. The van der Waals surface area contributed by atoms with Gasteiger partial charge in [0.2, 0.25) is 5.95 Å². The van der Waals surface area contributed by atoms with Crippen molar-refractivity contribution in [2.75, 3.05) is 37.9 Å². The van der Waals surface area contributed by atoms with Gasteiger partial charge in [-0.25, -0.2) is 4.98 Å². The smallest absolute Gasteiger partial charge is 0.228 e.